The number of para-hydroxylation sites is 2. The minimum absolute atomic E-state index is 0.0306. The molecule has 0 saturated carbocycles. The zero-order valence-corrected chi connectivity index (χ0v) is 18.7. The quantitative estimate of drug-likeness (QED) is 0.358. The second-order valence-corrected chi connectivity index (χ2v) is 8.03. The Balaban J connectivity index is 1.34. The molecular formula is C26H36N2O3. The Morgan fingerprint density at radius 3 is 2.32 bits per heavy atom. The molecule has 0 bridgehead atoms. The molecule has 168 valence electrons. The molecule has 3 rings (SSSR count). The van der Waals surface area contributed by atoms with Crippen LogP contribution in [-0.4, -0.2) is 56.9 Å². The molecule has 1 atom stereocenters. The number of hydrogen-bond acceptors (Lipinski definition) is 5. The first-order valence-corrected chi connectivity index (χ1v) is 11.6. The molecule has 0 radical (unpaired) electrons. The second-order valence-electron chi connectivity index (χ2n) is 8.03. The van der Waals surface area contributed by atoms with Crippen LogP contribution < -0.4 is 4.90 Å². The predicted molar refractivity (Wildman–Crippen MR) is 126 cm³/mol. The highest BCUT2D eigenvalue weighted by Crippen LogP contribution is 2.24. The molecule has 1 heterocycles. The second kappa shape index (κ2) is 13.1. The molecule has 2 aromatic rings. The van der Waals surface area contributed by atoms with Crippen molar-refractivity contribution >= 4 is 17.3 Å². The molecule has 1 saturated heterocycles. The highest BCUT2D eigenvalue weighted by atomic mass is 16.5. The van der Waals surface area contributed by atoms with Crippen molar-refractivity contribution in [3.63, 3.8) is 0 Å². The summed E-state index contributed by atoms with van der Waals surface area (Å²) in [6.07, 6.45) is 4.17. The standard InChI is InChI=1S/C26H36N2O3/c1-2-31-26(29)23-12-11-18-27(22-23)17-9-10-20-30-21-19-28(24-13-5-3-6-14-24)25-15-7-4-8-16-25/h3-8,13-16,23H,2,9-12,17-22H2,1H3. The molecule has 0 spiro atoms. The lowest BCUT2D eigenvalue weighted by Crippen LogP contribution is -2.39. The molecule has 1 unspecified atom stereocenters. The maximum atomic E-state index is 12.0. The number of unbranched alkanes of at least 4 members (excludes halogenated alkanes) is 1. The summed E-state index contributed by atoms with van der Waals surface area (Å²) in [6.45, 7) is 7.57. The first-order valence-electron chi connectivity index (χ1n) is 11.6. The number of rotatable bonds is 12. The number of carbonyl (C=O) groups is 1. The largest absolute Gasteiger partial charge is 0.466 e. The van der Waals surface area contributed by atoms with Crippen LogP contribution in [0.4, 0.5) is 11.4 Å². The van der Waals surface area contributed by atoms with E-state index in [2.05, 4.69) is 58.3 Å². The van der Waals surface area contributed by atoms with E-state index >= 15 is 0 Å². The number of carbonyl (C=O) groups excluding carboxylic acids is 1. The molecule has 0 aromatic heterocycles. The van der Waals surface area contributed by atoms with Gasteiger partial charge in [0.1, 0.15) is 0 Å². The van der Waals surface area contributed by atoms with Crippen LogP contribution in [-0.2, 0) is 14.3 Å². The van der Waals surface area contributed by atoms with Gasteiger partial charge in [-0.25, -0.2) is 0 Å². The SMILES string of the molecule is CCOC(=O)C1CCCN(CCCCOCCN(c2ccccc2)c2ccccc2)C1. The minimum atomic E-state index is -0.0306. The van der Waals surface area contributed by atoms with Gasteiger partial charge in [0, 0.05) is 31.1 Å². The Kier molecular flexibility index (Phi) is 9.87. The van der Waals surface area contributed by atoms with Gasteiger partial charge in [-0.05, 0) is 70.0 Å². The van der Waals surface area contributed by atoms with Crippen LogP contribution in [0.5, 0.6) is 0 Å². The average molecular weight is 425 g/mol. The van der Waals surface area contributed by atoms with Gasteiger partial charge in [0.25, 0.3) is 0 Å². The fourth-order valence-electron chi connectivity index (χ4n) is 4.13. The van der Waals surface area contributed by atoms with E-state index in [1.54, 1.807) is 0 Å². The monoisotopic (exact) mass is 424 g/mol. The maximum absolute atomic E-state index is 12.0. The van der Waals surface area contributed by atoms with E-state index in [1.807, 2.05) is 19.1 Å². The van der Waals surface area contributed by atoms with Crippen LogP contribution in [0.15, 0.2) is 60.7 Å². The van der Waals surface area contributed by atoms with E-state index < -0.39 is 0 Å². The molecule has 1 fully saturated rings. The summed E-state index contributed by atoms with van der Waals surface area (Å²) in [5.41, 5.74) is 2.36. The molecule has 5 heteroatoms. The highest BCUT2D eigenvalue weighted by molar-refractivity contribution is 5.72. The topological polar surface area (TPSA) is 42.0 Å². The van der Waals surface area contributed by atoms with Crippen molar-refractivity contribution in [2.45, 2.75) is 32.6 Å². The number of esters is 1. The van der Waals surface area contributed by atoms with Gasteiger partial charge in [0.05, 0.1) is 19.1 Å². The van der Waals surface area contributed by atoms with Gasteiger partial charge < -0.3 is 19.3 Å². The number of piperidine rings is 1. The third-order valence-electron chi connectivity index (χ3n) is 5.73. The zero-order valence-electron chi connectivity index (χ0n) is 18.7. The van der Waals surface area contributed by atoms with Crippen molar-refractivity contribution in [3.05, 3.63) is 60.7 Å². The maximum Gasteiger partial charge on any atom is 0.310 e. The van der Waals surface area contributed by atoms with Crippen LogP contribution in [0.25, 0.3) is 0 Å². The Labute approximate surface area is 187 Å². The van der Waals surface area contributed by atoms with Gasteiger partial charge in [-0.3, -0.25) is 4.79 Å². The number of ether oxygens (including phenoxy) is 2. The summed E-state index contributed by atoms with van der Waals surface area (Å²) < 4.78 is 11.1. The van der Waals surface area contributed by atoms with Crippen molar-refractivity contribution in [1.82, 2.24) is 4.90 Å². The summed E-state index contributed by atoms with van der Waals surface area (Å²) in [5, 5.41) is 0. The average Bonchev–Trinajstić information content (AvgIpc) is 2.82. The van der Waals surface area contributed by atoms with E-state index in [4.69, 9.17) is 9.47 Å². The van der Waals surface area contributed by atoms with Crippen molar-refractivity contribution in [2.24, 2.45) is 5.92 Å². The normalized spacial score (nSPS) is 16.7. The molecule has 31 heavy (non-hydrogen) atoms. The summed E-state index contributed by atoms with van der Waals surface area (Å²) in [4.78, 5) is 16.7. The molecule has 0 aliphatic carbocycles. The number of nitrogens with zero attached hydrogens (tertiary/aromatic N) is 2. The molecule has 0 N–H and O–H groups in total. The van der Waals surface area contributed by atoms with Gasteiger partial charge in [-0.15, -0.1) is 0 Å². The van der Waals surface area contributed by atoms with E-state index in [0.29, 0.717) is 13.2 Å². The number of anilines is 2. The first-order chi connectivity index (χ1) is 15.3. The molecule has 1 aliphatic heterocycles. The van der Waals surface area contributed by atoms with E-state index in [-0.39, 0.29) is 11.9 Å². The van der Waals surface area contributed by atoms with Crippen LogP contribution in [0.2, 0.25) is 0 Å². The molecule has 2 aromatic carbocycles. The lowest BCUT2D eigenvalue weighted by atomic mass is 9.98. The van der Waals surface area contributed by atoms with Gasteiger partial charge in [0.2, 0.25) is 0 Å². The van der Waals surface area contributed by atoms with Crippen LogP contribution in [0, 0.1) is 5.92 Å². The number of benzene rings is 2. The van der Waals surface area contributed by atoms with Crippen LogP contribution >= 0.6 is 0 Å². The van der Waals surface area contributed by atoms with Crippen molar-refractivity contribution in [3.8, 4) is 0 Å². The first kappa shape index (κ1) is 23.3. The van der Waals surface area contributed by atoms with Crippen molar-refractivity contribution < 1.29 is 14.3 Å². The molecule has 1 aliphatic rings. The number of hydrogen-bond donors (Lipinski definition) is 0. The van der Waals surface area contributed by atoms with E-state index in [0.717, 1.165) is 58.5 Å². The fraction of sp³-hybridized carbons (Fsp3) is 0.500. The third kappa shape index (κ3) is 7.67. The Morgan fingerprint density at radius 2 is 1.68 bits per heavy atom. The third-order valence-corrected chi connectivity index (χ3v) is 5.73. The lowest BCUT2D eigenvalue weighted by Gasteiger charge is -2.31. The fourth-order valence-corrected chi connectivity index (χ4v) is 4.13. The smallest absolute Gasteiger partial charge is 0.310 e. The predicted octanol–water partition coefficient (Wildman–Crippen LogP) is 4.90. The van der Waals surface area contributed by atoms with E-state index in [1.165, 1.54) is 11.4 Å². The highest BCUT2D eigenvalue weighted by Gasteiger charge is 2.26. The number of likely N-dealkylation sites (tertiary alicyclic amines) is 1. The summed E-state index contributed by atoms with van der Waals surface area (Å²) in [6, 6.07) is 20.9. The Morgan fingerprint density at radius 1 is 1.00 bits per heavy atom. The molecular weight excluding hydrogens is 388 g/mol. The summed E-state index contributed by atoms with van der Waals surface area (Å²) in [5.74, 6) is 0.0174. The zero-order chi connectivity index (χ0) is 21.7. The summed E-state index contributed by atoms with van der Waals surface area (Å²) >= 11 is 0. The van der Waals surface area contributed by atoms with Crippen LogP contribution in [0.3, 0.4) is 0 Å². The van der Waals surface area contributed by atoms with E-state index in [9.17, 15) is 4.79 Å². The Bertz CT molecular complexity index is 714. The Hall–Kier alpha value is -2.37. The van der Waals surface area contributed by atoms with Crippen LogP contribution in [0.1, 0.15) is 32.6 Å². The molecule has 0 amide bonds. The van der Waals surface area contributed by atoms with Crippen molar-refractivity contribution in [1.29, 1.82) is 0 Å². The van der Waals surface area contributed by atoms with Gasteiger partial charge in [-0.1, -0.05) is 36.4 Å². The summed E-state index contributed by atoms with van der Waals surface area (Å²) in [7, 11) is 0. The van der Waals surface area contributed by atoms with Gasteiger partial charge >= 0.3 is 5.97 Å². The van der Waals surface area contributed by atoms with Gasteiger partial charge in [0.15, 0.2) is 0 Å². The van der Waals surface area contributed by atoms with Crippen molar-refractivity contribution in [2.75, 3.05) is 50.9 Å². The molecule has 5 nitrogen and oxygen atoms in total. The van der Waals surface area contributed by atoms with Gasteiger partial charge in [-0.2, -0.15) is 0 Å². The lowest BCUT2D eigenvalue weighted by molar-refractivity contribution is -0.149. The minimum Gasteiger partial charge on any atom is -0.466 e.